The van der Waals surface area contributed by atoms with Crippen LogP contribution in [-0.4, -0.2) is 52.7 Å². The summed E-state index contributed by atoms with van der Waals surface area (Å²) in [4.78, 5) is 36.8. The van der Waals surface area contributed by atoms with Crippen molar-refractivity contribution in [3.8, 4) is 0 Å². The number of hydrogen-bond acceptors (Lipinski definition) is 7. The summed E-state index contributed by atoms with van der Waals surface area (Å²) < 4.78 is 5.33. The van der Waals surface area contributed by atoms with Crippen molar-refractivity contribution in [2.24, 2.45) is 0 Å². The van der Waals surface area contributed by atoms with E-state index in [1.54, 1.807) is 0 Å². The minimum absolute atomic E-state index is 0.163. The summed E-state index contributed by atoms with van der Waals surface area (Å²) in [5, 5.41) is 0. The molecule has 0 amide bonds. The summed E-state index contributed by atoms with van der Waals surface area (Å²) in [5.74, 6) is -0.405. The van der Waals surface area contributed by atoms with Crippen LogP contribution in [0.3, 0.4) is 0 Å². The number of morpholine rings is 1. The largest absolute Gasteiger partial charge is 0.379 e. The zero-order valence-corrected chi connectivity index (χ0v) is 12.6. The summed E-state index contributed by atoms with van der Waals surface area (Å²) in [6.07, 6.45) is 2.88. The van der Waals surface area contributed by atoms with Gasteiger partial charge in [0, 0.05) is 42.5 Å². The second kappa shape index (κ2) is 5.35. The molecule has 4 rings (SSSR count). The first-order valence-electron chi connectivity index (χ1n) is 7.07. The van der Waals surface area contributed by atoms with Crippen molar-refractivity contribution in [1.29, 1.82) is 0 Å². The van der Waals surface area contributed by atoms with E-state index in [1.807, 2.05) is 6.07 Å². The number of ether oxygens (including phenoxy) is 1. The summed E-state index contributed by atoms with van der Waals surface area (Å²) >= 11 is 1.38. The SMILES string of the molecule is O=C1c2cc(CN3CCOCC3)sc2C(=O)c2nccnc21. The topological polar surface area (TPSA) is 72.4 Å². The molecule has 0 spiro atoms. The van der Waals surface area contributed by atoms with Crippen LogP contribution in [0.4, 0.5) is 0 Å². The minimum atomic E-state index is -0.206. The Labute approximate surface area is 130 Å². The fourth-order valence-corrected chi connectivity index (χ4v) is 3.88. The molecule has 0 atom stereocenters. The van der Waals surface area contributed by atoms with Gasteiger partial charge in [-0.05, 0) is 6.07 Å². The van der Waals surface area contributed by atoms with Gasteiger partial charge in [-0.15, -0.1) is 11.3 Å². The third-order valence-electron chi connectivity index (χ3n) is 3.85. The molecule has 0 bridgehead atoms. The second-order valence-corrected chi connectivity index (χ2v) is 6.39. The number of carbonyl (C=O) groups is 2. The van der Waals surface area contributed by atoms with Gasteiger partial charge in [0.1, 0.15) is 11.4 Å². The van der Waals surface area contributed by atoms with E-state index in [9.17, 15) is 9.59 Å². The highest BCUT2D eigenvalue weighted by atomic mass is 32.1. The van der Waals surface area contributed by atoms with E-state index < -0.39 is 0 Å². The van der Waals surface area contributed by atoms with Gasteiger partial charge >= 0.3 is 0 Å². The summed E-state index contributed by atoms with van der Waals surface area (Å²) in [5.41, 5.74) is 0.793. The number of rotatable bonds is 2. The van der Waals surface area contributed by atoms with Crippen molar-refractivity contribution in [2.75, 3.05) is 26.3 Å². The monoisotopic (exact) mass is 315 g/mol. The smallest absolute Gasteiger partial charge is 0.224 e. The Morgan fingerprint density at radius 2 is 1.77 bits per heavy atom. The lowest BCUT2D eigenvalue weighted by Crippen LogP contribution is -2.35. The van der Waals surface area contributed by atoms with Crippen molar-refractivity contribution >= 4 is 22.9 Å². The summed E-state index contributed by atoms with van der Waals surface area (Å²) in [6.45, 7) is 3.92. The number of aromatic nitrogens is 2. The number of thiophene rings is 1. The fraction of sp³-hybridized carbons (Fsp3) is 0.333. The molecule has 3 heterocycles. The maximum atomic E-state index is 12.5. The molecule has 0 saturated carbocycles. The Morgan fingerprint density at radius 1 is 1.09 bits per heavy atom. The van der Waals surface area contributed by atoms with Crippen LogP contribution in [0.2, 0.25) is 0 Å². The van der Waals surface area contributed by atoms with Crippen LogP contribution in [0.5, 0.6) is 0 Å². The molecule has 2 aromatic rings. The zero-order valence-electron chi connectivity index (χ0n) is 11.7. The van der Waals surface area contributed by atoms with Gasteiger partial charge in [-0.1, -0.05) is 0 Å². The average Bonchev–Trinajstić information content (AvgIpc) is 2.98. The van der Waals surface area contributed by atoms with Gasteiger partial charge in [0.05, 0.1) is 18.1 Å². The van der Waals surface area contributed by atoms with E-state index >= 15 is 0 Å². The zero-order chi connectivity index (χ0) is 15.1. The van der Waals surface area contributed by atoms with Gasteiger partial charge in [-0.3, -0.25) is 14.5 Å². The first-order chi connectivity index (χ1) is 10.7. The minimum Gasteiger partial charge on any atom is -0.379 e. The molecule has 1 fully saturated rings. The van der Waals surface area contributed by atoms with Gasteiger partial charge < -0.3 is 4.74 Å². The van der Waals surface area contributed by atoms with E-state index in [0.717, 1.165) is 37.7 Å². The third-order valence-corrected chi connectivity index (χ3v) is 4.96. The molecule has 1 saturated heterocycles. The van der Waals surface area contributed by atoms with Crippen molar-refractivity contribution in [3.63, 3.8) is 0 Å². The average molecular weight is 315 g/mol. The van der Waals surface area contributed by atoms with E-state index in [0.29, 0.717) is 10.4 Å². The predicted octanol–water partition coefficient (Wildman–Crippen LogP) is 1.15. The lowest BCUT2D eigenvalue weighted by Gasteiger charge is -2.25. The Balaban J connectivity index is 1.67. The highest BCUT2D eigenvalue weighted by molar-refractivity contribution is 7.14. The van der Waals surface area contributed by atoms with Crippen LogP contribution in [0.15, 0.2) is 18.5 Å². The second-order valence-electron chi connectivity index (χ2n) is 5.26. The van der Waals surface area contributed by atoms with Crippen LogP contribution in [0.25, 0.3) is 0 Å². The highest BCUT2D eigenvalue weighted by Gasteiger charge is 2.34. The first kappa shape index (κ1) is 13.7. The Bertz CT molecular complexity index is 713. The fourth-order valence-electron chi connectivity index (χ4n) is 2.74. The third kappa shape index (κ3) is 2.18. The van der Waals surface area contributed by atoms with Gasteiger partial charge in [0.25, 0.3) is 0 Å². The van der Waals surface area contributed by atoms with Crippen molar-refractivity contribution in [2.45, 2.75) is 6.54 Å². The standard InChI is InChI=1S/C15H13N3O3S/c19-13-10-7-9(8-18-3-5-21-6-4-18)22-15(10)14(20)12-11(13)16-1-2-17-12/h1-2,7H,3-6,8H2. The molecule has 0 aromatic carbocycles. The number of hydrogen-bond donors (Lipinski definition) is 0. The number of fused-ring (bicyclic) bond motifs is 2. The number of ketones is 2. The van der Waals surface area contributed by atoms with Crippen molar-refractivity contribution in [1.82, 2.24) is 14.9 Å². The van der Waals surface area contributed by atoms with Crippen LogP contribution < -0.4 is 0 Å². The summed E-state index contributed by atoms with van der Waals surface area (Å²) in [6, 6.07) is 1.83. The maximum Gasteiger partial charge on any atom is 0.224 e. The highest BCUT2D eigenvalue weighted by Crippen LogP contribution is 2.32. The molecule has 1 aliphatic carbocycles. The van der Waals surface area contributed by atoms with Crippen molar-refractivity contribution < 1.29 is 14.3 Å². The molecule has 7 heteroatoms. The maximum absolute atomic E-state index is 12.5. The van der Waals surface area contributed by atoms with Crippen LogP contribution in [0, 0.1) is 0 Å². The lowest BCUT2D eigenvalue weighted by molar-refractivity contribution is 0.0346. The van der Waals surface area contributed by atoms with Gasteiger partial charge in [-0.2, -0.15) is 0 Å². The molecular formula is C15H13N3O3S. The van der Waals surface area contributed by atoms with E-state index in [1.165, 1.54) is 23.7 Å². The molecule has 6 nitrogen and oxygen atoms in total. The molecule has 112 valence electrons. The number of nitrogens with zero attached hydrogens (tertiary/aromatic N) is 3. The Hall–Kier alpha value is -1.96. The molecular weight excluding hydrogens is 302 g/mol. The van der Waals surface area contributed by atoms with E-state index in [4.69, 9.17) is 4.74 Å². The normalized spacial score (nSPS) is 18.2. The molecule has 0 unspecified atom stereocenters. The van der Waals surface area contributed by atoms with E-state index in [-0.39, 0.29) is 23.0 Å². The Morgan fingerprint density at radius 3 is 2.50 bits per heavy atom. The predicted molar refractivity (Wildman–Crippen MR) is 79.3 cm³/mol. The van der Waals surface area contributed by atoms with Gasteiger partial charge in [0.15, 0.2) is 0 Å². The van der Waals surface area contributed by atoms with Gasteiger partial charge in [-0.25, -0.2) is 9.97 Å². The first-order valence-corrected chi connectivity index (χ1v) is 7.89. The van der Waals surface area contributed by atoms with Crippen LogP contribution in [-0.2, 0) is 11.3 Å². The molecule has 2 aromatic heterocycles. The van der Waals surface area contributed by atoms with Crippen LogP contribution >= 0.6 is 11.3 Å². The van der Waals surface area contributed by atoms with E-state index in [2.05, 4.69) is 14.9 Å². The van der Waals surface area contributed by atoms with Crippen LogP contribution in [0.1, 0.15) is 36.3 Å². The molecule has 0 N–H and O–H groups in total. The quantitative estimate of drug-likeness (QED) is 0.706. The lowest BCUT2D eigenvalue weighted by atomic mass is 9.96. The molecule has 1 aliphatic heterocycles. The Kier molecular flexibility index (Phi) is 3.33. The van der Waals surface area contributed by atoms with Gasteiger partial charge in [0.2, 0.25) is 11.6 Å². The summed E-state index contributed by atoms with van der Waals surface area (Å²) in [7, 11) is 0. The molecule has 22 heavy (non-hydrogen) atoms. The number of carbonyl (C=O) groups excluding carboxylic acids is 2. The van der Waals surface area contributed by atoms with Crippen molar-refractivity contribution in [3.05, 3.63) is 45.2 Å². The molecule has 0 radical (unpaired) electrons. The molecule has 2 aliphatic rings.